The first-order valence-electron chi connectivity index (χ1n) is 8.06. The maximum Gasteiger partial charge on any atom is 0.534 e. The second kappa shape index (κ2) is 8.60. The fraction of sp³-hybridized carbons (Fsp3) is 0.278. The third kappa shape index (κ3) is 5.76. The lowest BCUT2D eigenvalue weighted by Gasteiger charge is -2.15. The lowest BCUT2D eigenvalue weighted by molar-refractivity contribution is -0.0500. The van der Waals surface area contributed by atoms with Gasteiger partial charge in [0.1, 0.15) is 23.9 Å². The van der Waals surface area contributed by atoms with E-state index >= 15 is 0 Å². The van der Waals surface area contributed by atoms with E-state index in [0.717, 1.165) is 12.1 Å². The predicted molar refractivity (Wildman–Crippen MR) is 97.4 cm³/mol. The van der Waals surface area contributed by atoms with Gasteiger partial charge in [0.25, 0.3) is 5.91 Å². The lowest BCUT2D eigenvalue weighted by atomic mass is 10.1. The van der Waals surface area contributed by atoms with E-state index in [0.29, 0.717) is 11.3 Å². The van der Waals surface area contributed by atoms with Gasteiger partial charge in [0.15, 0.2) is 0 Å². The van der Waals surface area contributed by atoms with Gasteiger partial charge in [0, 0.05) is 25.7 Å². The molecule has 0 N–H and O–H groups in total. The van der Waals surface area contributed by atoms with Crippen molar-refractivity contribution in [1.29, 1.82) is 0 Å². The Kier molecular flexibility index (Phi) is 6.62. The number of carbonyl (C=O) groups excluding carboxylic acids is 1. The van der Waals surface area contributed by atoms with Crippen LogP contribution in [0, 0.1) is 0 Å². The van der Waals surface area contributed by atoms with Gasteiger partial charge in [-0.25, -0.2) is 0 Å². The summed E-state index contributed by atoms with van der Waals surface area (Å²) in [5.74, 6) is -0.685. The Morgan fingerprint density at radius 3 is 2.10 bits per heavy atom. The summed E-state index contributed by atoms with van der Waals surface area (Å²) < 4.78 is 75.1. The molecule has 0 unspecified atom stereocenters. The molecule has 11 heteroatoms. The van der Waals surface area contributed by atoms with Crippen LogP contribution in [0.15, 0.2) is 42.5 Å². The van der Waals surface area contributed by atoms with E-state index in [2.05, 4.69) is 4.18 Å². The van der Waals surface area contributed by atoms with Gasteiger partial charge in [0.2, 0.25) is 0 Å². The Hall–Kier alpha value is -2.95. The van der Waals surface area contributed by atoms with Crippen molar-refractivity contribution in [2.24, 2.45) is 0 Å². The van der Waals surface area contributed by atoms with Crippen LogP contribution in [0.3, 0.4) is 0 Å². The zero-order valence-corrected chi connectivity index (χ0v) is 16.5. The molecule has 0 saturated carbocycles. The summed E-state index contributed by atoms with van der Waals surface area (Å²) in [5.41, 5.74) is -5.01. The molecule has 0 heterocycles. The van der Waals surface area contributed by atoms with Crippen LogP contribution in [0.1, 0.15) is 15.9 Å². The zero-order valence-electron chi connectivity index (χ0n) is 15.7. The molecule has 29 heavy (non-hydrogen) atoms. The highest BCUT2D eigenvalue weighted by Gasteiger charge is 2.48. The zero-order chi connectivity index (χ0) is 21.8. The number of rotatable bonds is 7. The molecular formula is C18H18F3NO6S. The number of methoxy groups -OCH3 is 1. The largest absolute Gasteiger partial charge is 0.534 e. The molecule has 0 atom stereocenters. The highest BCUT2D eigenvalue weighted by molar-refractivity contribution is 7.88. The average Bonchev–Trinajstić information content (AvgIpc) is 2.64. The molecule has 0 aliphatic carbocycles. The first-order chi connectivity index (χ1) is 13.4. The van der Waals surface area contributed by atoms with E-state index in [-0.39, 0.29) is 17.9 Å². The summed E-state index contributed by atoms with van der Waals surface area (Å²) in [4.78, 5) is 13.4. The molecule has 0 aromatic heterocycles. The quantitative estimate of drug-likeness (QED) is 0.493. The number of carbonyl (C=O) groups is 1. The van der Waals surface area contributed by atoms with Crippen molar-refractivity contribution in [3.63, 3.8) is 0 Å². The van der Waals surface area contributed by atoms with Crippen molar-refractivity contribution in [3.05, 3.63) is 53.6 Å². The molecule has 1 amide bonds. The Morgan fingerprint density at radius 1 is 1.00 bits per heavy atom. The lowest BCUT2D eigenvalue weighted by Crippen LogP contribution is -2.28. The number of hydrogen-bond donors (Lipinski definition) is 0. The third-order valence-corrected chi connectivity index (χ3v) is 4.57. The van der Waals surface area contributed by atoms with E-state index in [1.165, 1.54) is 32.2 Å². The summed E-state index contributed by atoms with van der Waals surface area (Å²) in [5, 5.41) is 0. The van der Waals surface area contributed by atoms with Crippen LogP contribution >= 0.6 is 0 Å². The SMILES string of the molecule is COc1ccc(COc2cc(OS(=O)(=O)C(F)(F)F)cc(C(=O)N(C)C)c2)cc1. The highest BCUT2D eigenvalue weighted by Crippen LogP contribution is 2.30. The maximum absolute atomic E-state index is 12.6. The molecule has 0 spiro atoms. The van der Waals surface area contributed by atoms with Gasteiger partial charge in [-0.3, -0.25) is 4.79 Å². The highest BCUT2D eigenvalue weighted by atomic mass is 32.2. The van der Waals surface area contributed by atoms with Crippen molar-refractivity contribution in [2.45, 2.75) is 12.1 Å². The number of nitrogens with zero attached hydrogens (tertiary/aromatic N) is 1. The molecule has 158 valence electrons. The predicted octanol–water partition coefficient (Wildman–Crippen LogP) is 3.20. The minimum Gasteiger partial charge on any atom is -0.497 e. The molecule has 0 fully saturated rings. The van der Waals surface area contributed by atoms with Crippen molar-refractivity contribution in [3.8, 4) is 17.2 Å². The van der Waals surface area contributed by atoms with Crippen LogP contribution in [0.25, 0.3) is 0 Å². The molecule has 0 saturated heterocycles. The first kappa shape index (κ1) is 22.3. The number of ether oxygens (including phenoxy) is 2. The molecule has 0 bridgehead atoms. The monoisotopic (exact) mass is 433 g/mol. The number of hydrogen-bond acceptors (Lipinski definition) is 6. The van der Waals surface area contributed by atoms with E-state index in [1.807, 2.05) is 0 Å². The van der Waals surface area contributed by atoms with Crippen molar-refractivity contribution >= 4 is 16.0 Å². The van der Waals surface area contributed by atoms with Crippen molar-refractivity contribution in [1.82, 2.24) is 4.90 Å². The molecule has 0 aliphatic rings. The van der Waals surface area contributed by atoms with Gasteiger partial charge in [-0.2, -0.15) is 21.6 Å². The fourth-order valence-electron chi connectivity index (χ4n) is 2.15. The molecule has 0 aliphatic heterocycles. The number of benzene rings is 2. The summed E-state index contributed by atoms with van der Waals surface area (Å²) >= 11 is 0. The molecule has 0 radical (unpaired) electrons. The first-order valence-corrected chi connectivity index (χ1v) is 9.47. The van der Waals surface area contributed by atoms with Crippen LogP contribution in [0.4, 0.5) is 13.2 Å². The Balaban J connectivity index is 2.32. The third-order valence-electron chi connectivity index (χ3n) is 3.59. The summed E-state index contributed by atoms with van der Waals surface area (Å²) in [6, 6.07) is 9.92. The van der Waals surface area contributed by atoms with Gasteiger partial charge >= 0.3 is 15.6 Å². The van der Waals surface area contributed by atoms with Crippen LogP contribution < -0.4 is 13.7 Å². The smallest absolute Gasteiger partial charge is 0.497 e. The molecule has 2 aromatic carbocycles. The topological polar surface area (TPSA) is 82.1 Å². The molecule has 2 rings (SSSR count). The van der Waals surface area contributed by atoms with Gasteiger partial charge in [-0.1, -0.05) is 12.1 Å². The van der Waals surface area contributed by atoms with Crippen molar-refractivity contribution in [2.75, 3.05) is 21.2 Å². The number of halogens is 3. The van der Waals surface area contributed by atoms with E-state index < -0.39 is 27.3 Å². The van der Waals surface area contributed by atoms with Crippen LogP contribution in [0.5, 0.6) is 17.2 Å². The number of amides is 1. The number of alkyl halides is 3. The van der Waals surface area contributed by atoms with Gasteiger partial charge in [-0.15, -0.1) is 0 Å². The van der Waals surface area contributed by atoms with Crippen molar-refractivity contribution < 1.29 is 40.0 Å². The maximum atomic E-state index is 12.6. The Bertz CT molecular complexity index is 972. The summed E-state index contributed by atoms with van der Waals surface area (Å²) in [6.45, 7) is 0.00899. The van der Waals surface area contributed by atoms with Gasteiger partial charge in [-0.05, 0) is 29.8 Å². The molecular weight excluding hydrogens is 415 g/mol. The molecule has 7 nitrogen and oxygen atoms in total. The standard InChI is InChI=1S/C18H18F3NO6S/c1-22(2)17(23)13-8-15(27-11-12-4-6-14(26-3)7-5-12)10-16(9-13)28-29(24,25)18(19,20)21/h4-10H,11H2,1-3H3. The van der Waals surface area contributed by atoms with Crippen LogP contribution in [-0.2, 0) is 16.7 Å². The fourth-order valence-corrected chi connectivity index (χ4v) is 2.59. The van der Waals surface area contributed by atoms with Crippen LogP contribution in [0.2, 0.25) is 0 Å². The van der Waals surface area contributed by atoms with E-state index in [4.69, 9.17) is 9.47 Å². The summed E-state index contributed by atoms with van der Waals surface area (Å²) in [7, 11) is -1.53. The van der Waals surface area contributed by atoms with E-state index in [9.17, 15) is 26.4 Å². The minimum absolute atomic E-state index is 0.00899. The minimum atomic E-state index is -5.90. The van der Waals surface area contributed by atoms with Gasteiger partial charge < -0.3 is 18.6 Å². The normalized spacial score (nSPS) is 11.7. The molecule has 2 aromatic rings. The second-order valence-corrected chi connectivity index (χ2v) is 7.55. The van der Waals surface area contributed by atoms with Gasteiger partial charge in [0.05, 0.1) is 7.11 Å². The second-order valence-electron chi connectivity index (χ2n) is 6.01. The van der Waals surface area contributed by atoms with Crippen LogP contribution in [-0.4, -0.2) is 45.9 Å². The summed E-state index contributed by atoms with van der Waals surface area (Å²) in [6.07, 6.45) is 0. The Labute approximate surface area is 165 Å². The van der Waals surface area contributed by atoms with E-state index in [1.54, 1.807) is 24.3 Å². The average molecular weight is 433 g/mol. The Morgan fingerprint density at radius 2 is 1.59 bits per heavy atom.